The summed E-state index contributed by atoms with van der Waals surface area (Å²) in [4.78, 5) is 13.0. The predicted molar refractivity (Wildman–Crippen MR) is 116 cm³/mol. The van der Waals surface area contributed by atoms with Crippen molar-refractivity contribution in [3.8, 4) is 0 Å². The molecule has 2 aromatic heterocycles. The fraction of sp³-hybridized carbons (Fsp3) is 0.632. The molecule has 0 spiro atoms. The van der Waals surface area contributed by atoms with Gasteiger partial charge in [-0.05, 0) is 24.2 Å². The molecule has 0 bridgehead atoms. The lowest BCUT2D eigenvalue weighted by atomic mass is 10.2. The van der Waals surface area contributed by atoms with Crippen molar-refractivity contribution < 1.29 is 14.3 Å². The van der Waals surface area contributed by atoms with Crippen molar-refractivity contribution in [1.82, 2.24) is 19.6 Å². The standard InChI is InChI=1S/C19H34N4O3Si2/c1-27(2,3)13-11-25-15-22-17(7-9-20-22)19(24)18-8-10-21-23(18)16-26-12-14-28(4,5)6/h7-10H,11-16H2,1-6H3. The maximum Gasteiger partial charge on any atom is 0.229 e. The Morgan fingerprint density at radius 2 is 1.21 bits per heavy atom. The van der Waals surface area contributed by atoms with Crippen LogP contribution in [-0.4, -0.2) is 54.7 Å². The minimum atomic E-state index is -1.14. The number of rotatable bonds is 12. The molecule has 2 aromatic rings. The van der Waals surface area contributed by atoms with Gasteiger partial charge in [0.05, 0.1) is 0 Å². The van der Waals surface area contributed by atoms with Gasteiger partial charge < -0.3 is 9.47 Å². The lowest BCUT2D eigenvalue weighted by Gasteiger charge is -2.16. The number of aromatic nitrogens is 4. The van der Waals surface area contributed by atoms with E-state index in [0.29, 0.717) is 24.6 Å². The fourth-order valence-electron chi connectivity index (χ4n) is 2.45. The smallest absolute Gasteiger partial charge is 0.229 e. The van der Waals surface area contributed by atoms with Crippen molar-refractivity contribution in [2.45, 2.75) is 64.8 Å². The molecule has 0 saturated carbocycles. The Kier molecular flexibility index (Phi) is 7.93. The first kappa shape index (κ1) is 22.7. The van der Waals surface area contributed by atoms with Crippen LogP contribution in [0.1, 0.15) is 16.2 Å². The minimum Gasteiger partial charge on any atom is -0.360 e. The van der Waals surface area contributed by atoms with Crippen LogP contribution in [0.2, 0.25) is 51.4 Å². The summed E-state index contributed by atoms with van der Waals surface area (Å²) in [5.41, 5.74) is 0.994. The van der Waals surface area contributed by atoms with Gasteiger partial charge in [0.1, 0.15) is 24.8 Å². The highest BCUT2D eigenvalue weighted by Crippen LogP contribution is 2.12. The highest BCUT2D eigenvalue weighted by Gasteiger charge is 2.19. The number of carbonyl (C=O) groups is 1. The Balaban J connectivity index is 1.94. The summed E-state index contributed by atoms with van der Waals surface area (Å²) in [5, 5.41) is 8.48. The van der Waals surface area contributed by atoms with Gasteiger partial charge in [-0.1, -0.05) is 39.3 Å². The van der Waals surface area contributed by atoms with E-state index in [2.05, 4.69) is 49.5 Å². The van der Waals surface area contributed by atoms with Crippen LogP contribution >= 0.6 is 0 Å². The monoisotopic (exact) mass is 422 g/mol. The molecule has 9 heteroatoms. The normalized spacial score (nSPS) is 12.5. The van der Waals surface area contributed by atoms with Crippen molar-refractivity contribution in [1.29, 1.82) is 0 Å². The largest absolute Gasteiger partial charge is 0.360 e. The van der Waals surface area contributed by atoms with Gasteiger partial charge in [0.15, 0.2) is 0 Å². The molecule has 2 rings (SSSR count). The van der Waals surface area contributed by atoms with E-state index in [9.17, 15) is 4.79 Å². The van der Waals surface area contributed by atoms with Crippen LogP contribution < -0.4 is 0 Å². The number of hydrogen-bond donors (Lipinski definition) is 0. The Morgan fingerprint density at radius 3 is 1.57 bits per heavy atom. The van der Waals surface area contributed by atoms with E-state index >= 15 is 0 Å². The summed E-state index contributed by atoms with van der Waals surface area (Å²) >= 11 is 0. The van der Waals surface area contributed by atoms with Gasteiger partial charge in [0.25, 0.3) is 0 Å². The second-order valence-electron chi connectivity index (χ2n) is 9.46. The van der Waals surface area contributed by atoms with Crippen LogP contribution in [0.15, 0.2) is 24.5 Å². The second kappa shape index (κ2) is 9.77. The number of nitrogens with zero attached hydrogens (tertiary/aromatic N) is 4. The van der Waals surface area contributed by atoms with Gasteiger partial charge in [-0.15, -0.1) is 0 Å². The Bertz CT molecular complexity index is 698. The average Bonchev–Trinajstić information content (AvgIpc) is 3.22. The lowest BCUT2D eigenvalue weighted by molar-refractivity contribution is 0.0696. The Labute approximate surface area is 170 Å². The molecule has 156 valence electrons. The third-order valence-corrected chi connectivity index (χ3v) is 7.73. The van der Waals surface area contributed by atoms with Gasteiger partial charge in [-0.2, -0.15) is 10.2 Å². The molecule has 0 aliphatic carbocycles. The molecule has 2 heterocycles. The Hall–Kier alpha value is -1.56. The SMILES string of the molecule is C[Si](C)(C)CCOCn1nccc1C(=O)c1ccnn1COCC[Si](C)(C)C. The Morgan fingerprint density at radius 1 is 0.821 bits per heavy atom. The molecular weight excluding hydrogens is 388 g/mol. The molecular formula is C19H34N4O3Si2. The zero-order chi connectivity index (χ0) is 20.8. The number of ketones is 1. The van der Waals surface area contributed by atoms with Gasteiger partial charge in [-0.3, -0.25) is 4.79 Å². The molecule has 0 aliphatic rings. The van der Waals surface area contributed by atoms with Crippen molar-refractivity contribution in [3.63, 3.8) is 0 Å². The summed E-state index contributed by atoms with van der Waals surface area (Å²) < 4.78 is 14.7. The number of ether oxygens (including phenoxy) is 2. The first-order chi connectivity index (χ1) is 13.1. The lowest BCUT2D eigenvalue weighted by Crippen LogP contribution is -2.23. The molecule has 0 N–H and O–H groups in total. The third kappa shape index (κ3) is 7.46. The summed E-state index contributed by atoms with van der Waals surface area (Å²) in [7, 11) is -2.28. The van der Waals surface area contributed by atoms with Crippen molar-refractivity contribution in [3.05, 3.63) is 35.9 Å². The topological polar surface area (TPSA) is 71.2 Å². The highest BCUT2D eigenvalue weighted by molar-refractivity contribution is 6.76. The first-order valence-electron chi connectivity index (χ1n) is 9.81. The maximum absolute atomic E-state index is 13.0. The fourth-order valence-corrected chi connectivity index (χ4v) is 3.96. The molecule has 0 atom stereocenters. The van der Waals surface area contributed by atoms with E-state index in [0.717, 1.165) is 12.1 Å². The van der Waals surface area contributed by atoms with Crippen LogP contribution in [0.3, 0.4) is 0 Å². The van der Waals surface area contributed by atoms with Crippen molar-refractivity contribution in [2.75, 3.05) is 13.2 Å². The van der Waals surface area contributed by atoms with E-state index < -0.39 is 16.1 Å². The van der Waals surface area contributed by atoms with Gasteiger partial charge >= 0.3 is 0 Å². The molecule has 0 aliphatic heterocycles. The molecule has 0 unspecified atom stereocenters. The molecule has 0 aromatic carbocycles. The van der Waals surface area contributed by atoms with Crippen LogP contribution in [0.4, 0.5) is 0 Å². The summed E-state index contributed by atoms with van der Waals surface area (Å²) in [6.45, 7) is 15.8. The van der Waals surface area contributed by atoms with Crippen LogP contribution in [0, 0.1) is 0 Å². The van der Waals surface area contributed by atoms with Crippen molar-refractivity contribution in [2.24, 2.45) is 0 Å². The highest BCUT2D eigenvalue weighted by atomic mass is 28.3. The van der Waals surface area contributed by atoms with E-state index in [4.69, 9.17) is 9.47 Å². The summed E-state index contributed by atoms with van der Waals surface area (Å²) in [6.07, 6.45) is 3.25. The molecule has 0 saturated heterocycles. The minimum absolute atomic E-state index is 0.127. The zero-order valence-electron chi connectivity index (χ0n) is 18.1. The average molecular weight is 423 g/mol. The third-order valence-electron chi connectivity index (χ3n) is 4.32. The predicted octanol–water partition coefficient (Wildman–Crippen LogP) is 3.94. The maximum atomic E-state index is 13.0. The zero-order valence-corrected chi connectivity index (χ0v) is 20.1. The van der Waals surface area contributed by atoms with Crippen LogP contribution in [0.25, 0.3) is 0 Å². The van der Waals surface area contributed by atoms with E-state index in [1.807, 2.05) is 0 Å². The van der Waals surface area contributed by atoms with E-state index in [1.54, 1.807) is 33.9 Å². The van der Waals surface area contributed by atoms with Crippen molar-refractivity contribution >= 4 is 21.9 Å². The van der Waals surface area contributed by atoms with E-state index in [-0.39, 0.29) is 19.2 Å². The summed E-state index contributed by atoms with van der Waals surface area (Å²) in [6, 6.07) is 5.60. The number of hydrogen-bond acceptors (Lipinski definition) is 5. The van der Waals surface area contributed by atoms with E-state index in [1.165, 1.54) is 0 Å². The van der Waals surface area contributed by atoms with Crippen LogP contribution in [-0.2, 0) is 22.9 Å². The molecule has 0 radical (unpaired) electrons. The molecule has 0 fully saturated rings. The summed E-state index contributed by atoms with van der Waals surface area (Å²) in [5.74, 6) is -0.127. The van der Waals surface area contributed by atoms with Gasteiger partial charge in [0, 0.05) is 41.8 Å². The molecule has 28 heavy (non-hydrogen) atoms. The molecule has 0 amide bonds. The van der Waals surface area contributed by atoms with Gasteiger partial charge in [0.2, 0.25) is 5.78 Å². The second-order valence-corrected chi connectivity index (χ2v) is 20.7. The van der Waals surface area contributed by atoms with Gasteiger partial charge in [-0.25, -0.2) is 9.36 Å². The van der Waals surface area contributed by atoms with Crippen LogP contribution in [0.5, 0.6) is 0 Å². The number of carbonyl (C=O) groups excluding carboxylic acids is 1. The first-order valence-corrected chi connectivity index (χ1v) is 17.2. The quantitative estimate of drug-likeness (QED) is 0.294. The molecule has 7 nitrogen and oxygen atoms in total.